The SMILES string of the molecule is CCCC(C)Oc1ccc(/C=N/N(C)[P+](=S)CC)cc1. The van der Waals surface area contributed by atoms with Gasteiger partial charge in [-0.1, -0.05) is 13.3 Å². The quantitative estimate of drug-likeness (QED) is 0.404. The molecule has 0 aliphatic rings. The van der Waals surface area contributed by atoms with Crippen LogP contribution >= 0.6 is 6.85 Å². The predicted octanol–water partition coefficient (Wildman–Crippen LogP) is 4.40. The number of hydrazone groups is 1. The second-order valence-electron chi connectivity index (χ2n) is 4.69. The summed E-state index contributed by atoms with van der Waals surface area (Å²) in [5.74, 6) is 0.913. The highest BCUT2D eigenvalue weighted by Crippen LogP contribution is 2.24. The Bertz CT molecular complexity index is 448. The number of rotatable bonds is 8. The highest BCUT2D eigenvalue weighted by molar-refractivity contribution is 8.04. The first kappa shape index (κ1) is 17.1. The largest absolute Gasteiger partial charge is 0.491 e. The molecular weight excluding hydrogens is 287 g/mol. The molecule has 1 rings (SSSR count). The topological polar surface area (TPSA) is 24.8 Å². The van der Waals surface area contributed by atoms with E-state index >= 15 is 0 Å². The van der Waals surface area contributed by atoms with Crippen molar-refractivity contribution in [1.82, 2.24) is 4.78 Å². The van der Waals surface area contributed by atoms with E-state index in [1.165, 1.54) is 0 Å². The molecule has 0 bridgehead atoms. The monoisotopic (exact) mass is 311 g/mol. The average molecular weight is 311 g/mol. The van der Waals surface area contributed by atoms with Gasteiger partial charge in [0.05, 0.1) is 19.4 Å². The van der Waals surface area contributed by atoms with Crippen molar-refractivity contribution in [3.8, 4) is 5.75 Å². The Hall–Kier alpha value is -0.990. The smallest absolute Gasteiger partial charge is 0.309 e. The van der Waals surface area contributed by atoms with Gasteiger partial charge in [0.25, 0.3) is 0 Å². The lowest BCUT2D eigenvalue weighted by Gasteiger charge is -2.13. The van der Waals surface area contributed by atoms with Crippen molar-refractivity contribution < 1.29 is 4.74 Å². The van der Waals surface area contributed by atoms with E-state index in [0.717, 1.165) is 30.3 Å². The molecule has 3 nitrogen and oxygen atoms in total. The molecule has 0 fully saturated rings. The summed E-state index contributed by atoms with van der Waals surface area (Å²) in [6, 6.07) is 8.01. The van der Waals surface area contributed by atoms with Crippen molar-refractivity contribution in [1.29, 1.82) is 0 Å². The van der Waals surface area contributed by atoms with Crippen LogP contribution < -0.4 is 4.74 Å². The molecule has 2 unspecified atom stereocenters. The van der Waals surface area contributed by atoms with Crippen LogP contribution in [0.5, 0.6) is 5.75 Å². The summed E-state index contributed by atoms with van der Waals surface area (Å²) in [6.45, 7) is 5.80. The molecule has 0 radical (unpaired) electrons. The van der Waals surface area contributed by atoms with Gasteiger partial charge in [-0.15, -0.1) is 9.88 Å². The zero-order valence-corrected chi connectivity index (χ0v) is 14.5. The number of nitrogens with zero attached hydrogens (tertiary/aromatic N) is 2. The van der Waals surface area contributed by atoms with Crippen LogP contribution in [0.3, 0.4) is 0 Å². The Morgan fingerprint density at radius 1 is 1.35 bits per heavy atom. The number of ether oxygens (including phenoxy) is 1. The van der Waals surface area contributed by atoms with E-state index in [2.05, 4.69) is 25.9 Å². The van der Waals surface area contributed by atoms with Crippen LogP contribution in [0.15, 0.2) is 29.4 Å². The van der Waals surface area contributed by atoms with Gasteiger partial charge in [-0.3, -0.25) is 0 Å². The van der Waals surface area contributed by atoms with Crippen molar-refractivity contribution in [3.63, 3.8) is 0 Å². The predicted molar refractivity (Wildman–Crippen MR) is 91.6 cm³/mol. The highest BCUT2D eigenvalue weighted by Gasteiger charge is 2.11. The Kier molecular flexibility index (Phi) is 7.71. The molecule has 20 heavy (non-hydrogen) atoms. The maximum Gasteiger partial charge on any atom is 0.309 e. The molecule has 0 spiro atoms. The van der Waals surface area contributed by atoms with Crippen LogP contribution in [0, 0.1) is 0 Å². The van der Waals surface area contributed by atoms with Crippen LogP contribution in [0.1, 0.15) is 39.2 Å². The van der Waals surface area contributed by atoms with Gasteiger partial charge < -0.3 is 4.74 Å². The zero-order chi connectivity index (χ0) is 15.0. The van der Waals surface area contributed by atoms with Gasteiger partial charge in [-0.05, 0) is 50.1 Å². The molecule has 0 amide bonds. The van der Waals surface area contributed by atoms with Crippen molar-refractivity contribution >= 4 is 24.9 Å². The van der Waals surface area contributed by atoms with E-state index < -0.39 is 6.85 Å². The lowest BCUT2D eigenvalue weighted by Crippen LogP contribution is -2.10. The summed E-state index contributed by atoms with van der Waals surface area (Å²) in [5.41, 5.74) is 1.06. The van der Waals surface area contributed by atoms with Crippen LogP contribution in [-0.2, 0) is 11.8 Å². The molecule has 1 aromatic rings. The van der Waals surface area contributed by atoms with E-state index in [9.17, 15) is 0 Å². The van der Waals surface area contributed by atoms with Gasteiger partial charge in [-0.2, -0.15) is 0 Å². The van der Waals surface area contributed by atoms with Crippen LogP contribution in [0.2, 0.25) is 0 Å². The first-order valence-corrected chi connectivity index (χ1v) is 9.55. The Labute approximate surface area is 128 Å². The Morgan fingerprint density at radius 2 is 2.00 bits per heavy atom. The molecule has 0 saturated heterocycles. The average Bonchev–Trinajstić information content (AvgIpc) is 2.45. The number of hydrogen-bond acceptors (Lipinski definition) is 3. The highest BCUT2D eigenvalue weighted by atomic mass is 32.4. The van der Waals surface area contributed by atoms with Gasteiger partial charge in [-0.25, -0.2) is 0 Å². The van der Waals surface area contributed by atoms with Crippen molar-refractivity contribution in [3.05, 3.63) is 29.8 Å². The van der Waals surface area contributed by atoms with Crippen LogP contribution in [-0.4, -0.2) is 30.3 Å². The van der Waals surface area contributed by atoms with E-state index in [4.69, 9.17) is 16.5 Å². The maximum absolute atomic E-state index is 5.82. The lowest BCUT2D eigenvalue weighted by molar-refractivity contribution is 0.210. The van der Waals surface area contributed by atoms with E-state index in [1.54, 1.807) is 0 Å². The zero-order valence-electron chi connectivity index (χ0n) is 12.7. The second-order valence-corrected chi connectivity index (χ2v) is 7.87. The van der Waals surface area contributed by atoms with Gasteiger partial charge in [0.2, 0.25) is 0 Å². The van der Waals surface area contributed by atoms with Crippen LogP contribution in [0.4, 0.5) is 0 Å². The van der Waals surface area contributed by atoms with Gasteiger partial charge in [0.1, 0.15) is 11.9 Å². The Balaban J connectivity index is 2.58. The lowest BCUT2D eigenvalue weighted by atomic mass is 10.2. The second kappa shape index (κ2) is 9.04. The molecule has 5 heteroatoms. The third kappa shape index (κ3) is 5.98. The standard InChI is InChI=1S/C15H24N2OPS/c1-5-7-13(3)18-15-10-8-14(9-11-15)12-16-17(4)19(20)6-2/h8-13H,5-7H2,1-4H3/q+1/b16-12+. The molecule has 0 aromatic heterocycles. The molecule has 0 heterocycles. The summed E-state index contributed by atoms with van der Waals surface area (Å²) in [6.07, 6.45) is 5.29. The molecular formula is C15H24N2OPS+. The third-order valence-electron chi connectivity index (χ3n) is 2.88. The van der Waals surface area contributed by atoms with Crippen molar-refractivity contribution in [2.24, 2.45) is 5.10 Å². The van der Waals surface area contributed by atoms with Crippen molar-refractivity contribution in [2.75, 3.05) is 13.2 Å². The van der Waals surface area contributed by atoms with Gasteiger partial charge >= 0.3 is 6.85 Å². The summed E-state index contributed by atoms with van der Waals surface area (Å²) in [7, 11) is 1.93. The van der Waals surface area contributed by atoms with Gasteiger partial charge in [0.15, 0.2) is 11.8 Å². The summed E-state index contributed by atoms with van der Waals surface area (Å²) in [4.78, 5) is 0. The maximum atomic E-state index is 5.82. The van der Waals surface area contributed by atoms with E-state index in [0.29, 0.717) is 0 Å². The van der Waals surface area contributed by atoms with Crippen LogP contribution in [0.25, 0.3) is 0 Å². The minimum absolute atomic E-state index is 0.263. The van der Waals surface area contributed by atoms with Crippen molar-refractivity contribution in [2.45, 2.75) is 39.7 Å². The first-order chi connectivity index (χ1) is 9.56. The number of benzene rings is 1. The molecule has 110 valence electrons. The minimum atomic E-state index is -0.564. The fourth-order valence-electron chi connectivity index (χ4n) is 1.74. The fraction of sp³-hybridized carbons (Fsp3) is 0.533. The number of hydrogen-bond donors (Lipinski definition) is 0. The van der Waals surface area contributed by atoms with E-state index in [1.807, 2.05) is 42.3 Å². The molecule has 0 saturated carbocycles. The molecule has 0 aliphatic carbocycles. The molecule has 2 atom stereocenters. The summed E-state index contributed by atoms with van der Waals surface area (Å²) < 4.78 is 7.70. The summed E-state index contributed by atoms with van der Waals surface area (Å²) in [5, 5.41) is 4.38. The van der Waals surface area contributed by atoms with E-state index in [-0.39, 0.29) is 6.10 Å². The normalized spacial score (nSPS) is 13.3. The molecule has 0 N–H and O–H groups in total. The Morgan fingerprint density at radius 3 is 2.55 bits per heavy atom. The fourth-order valence-corrected chi connectivity index (χ4v) is 2.45. The van der Waals surface area contributed by atoms with Gasteiger partial charge in [0, 0.05) is 0 Å². The molecule has 0 aliphatic heterocycles. The molecule has 1 aromatic carbocycles. The minimum Gasteiger partial charge on any atom is -0.491 e. The summed E-state index contributed by atoms with van der Waals surface area (Å²) >= 11 is 5.33. The first-order valence-electron chi connectivity index (χ1n) is 7.05. The third-order valence-corrected chi connectivity index (χ3v) is 5.65.